The monoisotopic (exact) mass is 299 g/mol. The molecule has 1 aromatic carbocycles. The molecular weight excluding hydrogens is 270 g/mol. The number of nitrogens with one attached hydrogen (secondary N) is 3. The van der Waals surface area contributed by atoms with Gasteiger partial charge in [-0.15, -0.1) is 6.42 Å². The minimum absolute atomic E-state index is 0.494. The van der Waals surface area contributed by atoms with E-state index in [1.165, 1.54) is 12.0 Å². The van der Waals surface area contributed by atoms with Crippen molar-refractivity contribution in [2.24, 2.45) is 0 Å². The van der Waals surface area contributed by atoms with Crippen molar-refractivity contribution in [3.05, 3.63) is 60.6 Å². The third-order valence-corrected chi connectivity index (χ3v) is 2.55. The Morgan fingerprint density at radius 1 is 1.09 bits per heavy atom. The van der Waals surface area contributed by atoms with Crippen molar-refractivity contribution in [3.63, 3.8) is 0 Å². The van der Waals surface area contributed by atoms with Crippen LogP contribution in [0, 0.1) is 12.3 Å². The van der Waals surface area contributed by atoms with Crippen molar-refractivity contribution in [1.82, 2.24) is 16.0 Å². The van der Waals surface area contributed by atoms with Gasteiger partial charge in [0.25, 0.3) is 0 Å². The summed E-state index contributed by atoms with van der Waals surface area (Å²) in [6.07, 6.45) is 7.37. The maximum atomic E-state index is 5.15. The number of terminal acetylenes is 1. The van der Waals surface area contributed by atoms with E-state index in [9.17, 15) is 0 Å². The first-order valence-corrected chi connectivity index (χ1v) is 7.69. The SMILES string of the molecule is C#CCNC(=C)CNC(=C)NCCc1ccccc1.CCC. The maximum Gasteiger partial charge on any atom is 0.0915 e. The number of hydrogen-bond acceptors (Lipinski definition) is 3. The van der Waals surface area contributed by atoms with Crippen LogP contribution in [0.25, 0.3) is 0 Å². The van der Waals surface area contributed by atoms with Crippen molar-refractivity contribution in [1.29, 1.82) is 0 Å². The lowest BCUT2D eigenvalue weighted by atomic mass is 10.1. The van der Waals surface area contributed by atoms with E-state index in [-0.39, 0.29) is 0 Å². The van der Waals surface area contributed by atoms with Crippen LogP contribution in [0.15, 0.2) is 55.0 Å². The van der Waals surface area contributed by atoms with Gasteiger partial charge in [-0.1, -0.05) is 69.7 Å². The molecule has 3 nitrogen and oxygen atoms in total. The van der Waals surface area contributed by atoms with Gasteiger partial charge in [-0.2, -0.15) is 0 Å². The highest BCUT2D eigenvalue weighted by Crippen LogP contribution is 1.98. The highest BCUT2D eigenvalue weighted by molar-refractivity contribution is 5.15. The van der Waals surface area contributed by atoms with E-state index in [0.29, 0.717) is 13.1 Å². The molecule has 3 heteroatoms. The van der Waals surface area contributed by atoms with E-state index in [0.717, 1.165) is 24.5 Å². The maximum absolute atomic E-state index is 5.15. The highest BCUT2D eigenvalue weighted by atomic mass is 15.1. The molecule has 0 saturated carbocycles. The van der Waals surface area contributed by atoms with Crippen molar-refractivity contribution in [3.8, 4) is 12.3 Å². The molecule has 120 valence electrons. The van der Waals surface area contributed by atoms with Gasteiger partial charge in [-0.05, 0) is 12.0 Å². The zero-order valence-corrected chi connectivity index (χ0v) is 13.9. The molecule has 1 aromatic rings. The van der Waals surface area contributed by atoms with Crippen LogP contribution in [0.3, 0.4) is 0 Å². The predicted molar refractivity (Wildman–Crippen MR) is 97.2 cm³/mol. The van der Waals surface area contributed by atoms with Crippen LogP contribution < -0.4 is 16.0 Å². The Morgan fingerprint density at radius 3 is 2.32 bits per heavy atom. The zero-order chi connectivity index (χ0) is 16.6. The second-order valence-electron chi connectivity index (χ2n) is 4.86. The fourth-order valence-corrected chi connectivity index (χ4v) is 1.52. The zero-order valence-electron chi connectivity index (χ0n) is 13.9. The minimum Gasteiger partial charge on any atom is -0.376 e. The van der Waals surface area contributed by atoms with Gasteiger partial charge < -0.3 is 16.0 Å². The topological polar surface area (TPSA) is 36.1 Å². The Bertz CT molecular complexity index is 457. The molecule has 0 radical (unpaired) electrons. The molecule has 0 spiro atoms. The van der Waals surface area contributed by atoms with Crippen LogP contribution >= 0.6 is 0 Å². The first-order chi connectivity index (χ1) is 10.6. The molecule has 22 heavy (non-hydrogen) atoms. The van der Waals surface area contributed by atoms with Crippen LogP contribution in [0.1, 0.15) is 25.8 Å². The summed E-state index contributed by atoms with van der Waals surface area (Å²) in [6, 6.07) is 10.3. The molecule has 0 aliphatic rings. The summed E-state index contributed by atoms with van der Waals surface area (Å²) < 4.78 is 0. The molecule has 0 bridgehead atoms. The second-order valence-corrected chi connectivity index (χ2v) is 4.86. The van der Waals surface area contributed by atoms with E-state index in [1.807, 2.05) is 18.2 Å². The number of benzene rings is 1. The van der Waals surface area contributed by atoms with Crippen molar-refractivity contribution in [2.45, 2.75) is 26.7 Å². The summed E-state index contributed by atoms with van der Waals surface area (Å²) in [6.45, 7) is 14.0. The molecular formula is C19H29N3. The van der Waals surface area contributed by atoms with Crippen LogP contribution in [0.5, 0.6) is 0 Å². The second kappa shape index (κ2) is 13.6. The summed E-state index contributed by atoms with van der Waals surface area (Å²) in [7, 11) is 0. The fourth-order valence-electron chi connectivity index (χ4n) is 1.52. The van der Waals surface area contributed by atoms with Crippen molar-refractivity contribution >= 4 is 0 Å². The molecule has 3 N–H and O–H groups in total. The lowest BCUT2D eigenvalue weighted by Crippen LogP contribution is -2.31. The van der Waals surface area contributed by atoms with Crippen molar-refractivity contribution < 1.29 is 0 Å². The first kappa shape index (κ1) is 19.7. The summed E-state index contributed by atoms with van der Waals surface area (Å²) >= 11 is 0. The number of rotatable bonds is 9. The van der Waals surface area contributed by atoms with Crippen molar-refractivity contribution in [2.75, 3.05) is 19.6 Å². The Hall–Kier alpha value is -2.34. The Kier molecular flexibility index (Phi) is 12.2. The molecule has 0 unspecified atom stereocenters. The normalized spacial score (nSPS) is 8.77. The third-order valence-electron chi connectivity index (χ3n) is 2.55. The first-order valence-electron chi connectivity index (χ1n) is 7.69. The molecule has 0 heterocycles. The van der Waals surface area contributed by atoms with Crippen LogP contribution in [0.2, 0.25) is 0 Å². The van der Waals surface area contributed by atoms with Gasteiger partial charge in [0.05, 0.1) is 18.9 Å². The Labute approximate surface area is 135 Å². The van der Waals surface area contributed by atoms with Crippen LogP contribution in [-0.2, 0) is 6.42 Å². The van der Waals surface area contributed by atoms with Gasteiger partial charge in [-0.3, -0.25) is 0 Å². The molecule has 0 saturated heterocycles. The standard InChI is InChI=1S/C16H21N3.C3H8/c1-4-11-17-14(2)13-19-15(3)18-12-10-16-8-6-5-7-9-16;1-3-2/h1,5-9,17-19H,2-3,10-13H2;3H2,1-2H3. The summed E-state index contributed by atoms with van der Waals surface area (Å²) in [5.74, 6) is 3.29. The third kappa shape index (κ3) is 11.5. The average Bonchev–Trinajstić information content (AvgIpc) is 2.52. The molecule has 0 amide bonds. The van der Waals surface area contributed by atoms with E-state index >= 15 is 0 Å². The van der Waals surface area contributed by atoms with Gasteiger partial charge in [0, 0.05) is 12.2 Å². The molecule has 0 aromatic heterocycles. The lowest BCUT2D eigenvalue weighted by Gasteiger charge is -2.13. The molecule has 0 aliphatic heterocycles. The van der Waals surface area contributed by atoms with Crippen LogP contribution in [0.4, 0.5) is 0 Å². The summed E-state index contributed by atoms with van der Waals surface area (Å²) in [5, 5.41) is 9.38. The average molecular weight is 299 g/mol. The molecule has 0 aliphatic carbocycles. The smallest absolute Gasteiger partial charge is 0.0915 e. The minimum atomic E-state index is 0.494. The molecule has 1 rings (SSSR count). The lowest BCUT2D eigenvalue weighted by molar-refractivity contribution is 0.689. The summed E-state index contributed by atoms with van der Waals surface area (Å²) in [4.78, 5) is 0. The summed E-state index contributed by atoms with van der Waals surface area (Å²) in [5.41, 5.74) is 2.16. The highest BCUT2D eigenvalue weighted by Gasteiger charge is 1.95. The Balaban J connectivity index is 0.00000135. The van der Waals surface area contributed by atoms with Gasteiger partial charge in [0.15, 0.2) is 0 Å². The van der Waals surface area contributed by atoms with E-state index < -0.39 is 0 Å². The number of hydrogen-bond donors (Lipinski definition) is 3. The Morgan fingerprint density at radius 2 is 1.73 bits per heavy atom. The van der Waals surface area contributed by atoms with Crippen LogP contribution in [-0.4, -0.2) is 19.6 Å². The van der Waals surface area contributed by atoms with E-state index in [1.54, 1.807) is 0 Å². The van der Waals surface area contributed by atoms with E-state index in [4.69, 9.17) is 6.42 Å². The van der Waals surface area contributed by atoms with Gasteiger partial charge in [0.1, 0.15) is 0 Å². The predicted octanol–water partition coefficient (Wildman–Crippen LogP) is 3.03. The fraction of sp³-hybridized carbons (Fsp3) is 0.368. The van der Waals surface area contributed by atoms with Gasteiger partial charge in [0.2, 0.25) is 0 Å². The molecule has 0 fully saturated rings. The largest absolute Gasteiger partial charge is 0.376 e. The quantitative estimate of drug-likeness (QED) is 0.613. The molecule has 0 atom stereocenters. The van der Waals surface area contributed by atoms with Gasteiger partial charge in [-0.25, -0.2) is 0 Å². The van der Waals surface area contributed by atoms with E-state index in [2.05, 4.69) is 61.0 Å². The van der Waals surface area contributed by atoms with Gasteiger partial charge >= 0.3 is 0 Å².